The van der Waals surface area contributed by atoms with Crippen LogP contribution in [0.5, 0.6) is 0 Å². The van der Waals surface area contributed by atoms with E-state index in [1.807, 2.05) is 6.07 Å². The molecule has 30 heavy (non-hydrogen) atoms. The van der Waals surface area contributed by atoms with Gasteiger partial charge in [-0.1, -0.05) is 42.5 Å². The smallest absolute Gasteiger partial charge is 0.312 e. The Bertz CT molecular complexity index is 959. The van der Waals surface area contributed by atoms with Gasteiger partial charge in [-0.05, 0) is 73.5 Å². The van der Waals surface area contributed by atoms with Crippen LogP contribution >= 0.6 is 0 Å². The number of halogens is 1. The normalized spacial score (nSPS) is 31.4. The molecule has 4 saturated carbocycles. The highest BCUT2D eigenvalue weighted by Crippen LogP contribution is 2.66. The van der Waals surface area contributed by atoms with E-state index in [1.54, 1.807) is 12.1 Å². The molecule has 1 amide bonds. The second kappa shape index (κ2) is 7.22. The summed E-state index contributed by atoms with van der Waals surface area (Å²) in [6.07, 6.45) is 5.96. The van der Waals surface area contributed by atoms with Crippen molar-refractivity contribution in [2.45, 2.75) is 43.9 Å². The first-order valence-electron chi connectivity index (χ1n) is 10.8. The molecule has 0 aromatic heterocycles. The minimum absolute atomic E-state index is 0.0415. The number of benzene rings is 2. The lowest BCUT2D eigenvalue weighted by Crippen LogP contribution is -2.57. The van der Waals surface area contributed by atoms with Gasteiger partial charge < -0.3 is 10.1 Å². The van der Waals surface area contributed by atoms with E-state index < -0.39 is 17.1 Å². The Kier molecular flexibility index (Phi) is 4.64. The average Bonchev–Trinajstić information content (AvgIpc) is 2.73. The van der Waals surface area contributed by atoms with E-state index in [9.17, 15) is 14.0 Å². The highest BCUT2D eigenvalue weighted by atomic mass is 19.1. The number of nitrogens with one attached hydrogen (secondary N) is 1. The van der Waals surface area contributed by atoms with Crippen molar-refractivity contribution in [3.63, 3.8) is 0 Å². The van der Waals surface area contributed by atoms with Crippen molar-refractivity contribution < 1.29 is 18.7 Å². The highest BCUT2D eigenvalue weighted by molar-refractivity contribution is 5.93. The molecule has 4 aliphatic rings. The van der Waals surface area contributed by atoms with E-state index in [4.69, 9.17) is 4.74 Å². The summed E-state index contributed by atoms with van der Waals surface area (Å²) in [6.45, 7) is -0.386. The number of carbonyl (C=O) groups excluding carboxylic acids is 2. The van der Waals surface area contributed by atoms with Crippen molar-refractivity contribution in [1.82, 2.24) is 0 Å². The SMILES string of the molecule is O=C(COC(=O)C12C[C@H]3C[C@@H](C1)CC(c1ccccc1)(C3)C2)Nc1ccccc1F. The molecular formula is C25H26FNO3. The number of para-hydroxylation sites is 1. The third-order valence-corrected chi connectivity index (χ3v) is 7.36. The predicted octanol–water partition coefficient (Wildman–Crippen LogP) is 4.85. The van der Waals surface area contributed by atoms with Gasteiger partial charge in [-0.15, -0.1) is 0 Å². The van der Waals surface area contributed by atoms with Crippen LogP contribution in [0.15, 0.2) is 54.6 Å². The molecule has 1 N–H and O–H groups in total. The number of hydrogen-bond acceptors (Lipinski definition) is 3. The fourth-order valence-electron chi connectivity index (χ4n) is 6.66. The molecule has 5 heteroatoms. The number of carbonyl (C=O) groups is 2. The van der Waals surface area contributed by atoms with Crippen LogP contribution in [0.4, 0.5) is 10.1 Å². The lowest BCUT2D eigenvalue weighted by Gasteiger charge is -2.61. The largest absolute Gasteiger partial charge is 0.455 e. The molecule has 4 fully saturated rings. The quantitative estimate of drug-likeness (QED) is 0.721. The molecule has 4 bridgehead atoms. The van der Waals surface area contributed by atoms with Crippen LogP contribution in [0, 0.1) is 23.1 Å². The Morgan fingerprint density at radius 2 is 1.63 bits per heavy atom. The Hall–Kier alpha value is -2.69. The van der Waals surface area contributed by atoms with Gasteiger partial charge in [-0.2, -0.15) is 0 Å². The number of amides is 1. The molecule has 2 aromatic carbocycles. The number of hydrogen-bond donors (Lipinski definition) is 1. The summed E-state index contributed by atoms with van der Waals surface area (Å²) >= 11 is 0. The van der Waals surface area contributed by atoms with Crippen LogP contribution in [0.25, 0.3) is 0 Å². The highest BCUT2D eigenvalue weighted by Gasteiger charge is 2.61. The summed E-state index contributed by atoms with van der Waals surface area (Å²) < 4.78 is 19.2. The van der Waals surface area contributed by atoms with E-state index in [1.165, 1.54) is 24.1 Å². The Labute approximate surface area is 175 Å². The maximum Gasteiger partial charge on any atom is 0.312 e. The van der Waals surface area contributed by atoms with Gasteiger partial charge in [0.25, 0.3) is 5.91 Å². The standard InChI is InChI=1S/C25H26FNO3/c26-20-8-4-5-9-21(20)27-22(28)15-30-23(29)25-13-17-10-18(14-25)12-24(11-17,16-25)19-6-2-1-3-7-19/h1-9,17-18H,10-16H2,(H,27,28)/t17-,18+,24?,25?. The van der Waals surface area contributed by atoms with Gasteiger partial charge >= 0.3 is 5.97 Å². The summed E-state index contributed by atoms with van der Waals surface area (Å²) in [4.78, 5) is 25.4. The van der Waals surface area contributed by atoms with Gasteiger partial charge in [0.2, 0.25) is 0 Å². The number of rotatable bonds is 5. The molecule has 6 rings (SSSR count). The van der Waals surface area contributed by atoms with Gasteiger partial charge in [0.15, 0.2) is 6.61 Å². The number of esters is 1. The fourth-order valence-corrected chi connectivity index (χ4v) is 6.66. The summed E-state index contributed by atoms with van der Waals surface area (Å²) in [7, 11) is 0. The third kappa shape index (κ3) is 3.30. The molecule has 0 saturated heterocycles. The first-order valence-corrected chi connectivity index (χ1v) is 10.8. The average molecular weight is 407 g/mol. The van der Waals surface area contributed by atoms with Crippen molar-refractivity contribution in [1.29, 1.82) is 0 Å². The minimum Gasteiger partial charge on any atom is -0.455 e. The molecule has 4 aliphatic carbocycles. The lowest BCUT2D eigenvalue weighted by molar-refractivity contribution is -0.175. The van der Waals surface area contributed by atoms with E-state index >= 15 is 0 Å². The van der Waals surface area contributed by atoms with Crippen molar-refractivity contribution >= 4 is 17.6 Å². The Balaban J connectivity index is 1.30. The van der Waals surface area contributed by atoms with Gasteiger partial charge in [0.05, 0.1) is 11.1 Å². The summed E-state index contributed by atoms with van der Waals surface area (Å²) in [5.41, 5.74) is 0.961. The molecule has 0 spiro atoms. The summed E-state index contributed by atoms with van der Waals surface area (Å²) in [5.74, 6) is -0.225. The molecule has 2 unspecified atom stereocenters. The van der Waals surface area contributed by atoms with Crippen molar-refractivity contribution in [3.8, 4) is 0 Å². The molecule has 0 radical (unpaired) electrons. The Morgan fingerprint density at radius 1 is 0.967 bits per heavy atom. The van der Waals surface area contributed by atoms with Crippen LogP contribution in [0.1, 0.15) is 44.1 Å². The van der Waals surface area contributed by atoms with E-state index in [0.717, 1.165) is 32.1 Å². The van der Waals surface area contributed by atoms with E-state index in [2.05, 4.69) is 29.6 Å². The molecule has 4 atom stereocenters. The number of ether oxygens (including phenoxy) is 1. The summed E-state index contributed by atoms with van der Waals surface area (Å²) in [5, 5.41) is 2.48. The molecule has 0 aliphatic heterocycles. The molecule has 0 heterocycles. The second-order valence-corrected chi connectivity index (χ2v) is 9.49. The molecular weight excluding hydrogens is 381 g/mol. The van der Waals surface area contributed by atoms with Crippen molar-refractivity contribution in [3.05, 3.63) is 66.0 Å². The number of anilines is 1. The van der Waals surface area contributed by atoms with Gasteiger partial charge in [0.1, 0.15) is 5.82 Å². The lowest BCUT2D eigenvalue weighted by atomic mass is 9.43. The molecule has 156 valence electrons. The Morgan fingerprint density at radius 3 is 2.33 bits per heavy atom. The minimum atomic E-state index is -0.518. The van der Waals surface area contributed by atoms with Crippen molar-refractivity contribution in [2.24, 2.45) is 17.3 Å². The molecule has 2 aromatic rings. The topological polar surface area (TPSA) is 55.4 Å². The van der Waals surface area contributed by atoms with Crippen LogP contribution in [0.3, 0.4) is 0 Å². The molecule has 4 nitrogen and oxygen atoms in total. The first kappa shape index (κ1) is 19.3. The maximum absolute atomic E-state index is 13.7. The monoisotopic (exact) mass is 407 g/mol. The van der Waals surface area contributed by atoms with E-state index in [-0.39, 0.29) is 23.7 Å². The predicted molar refractivity (Wildman–Crippen MR) is 111 cm³/mol. The first-order chi connectivity index (χ1) is 14.5. The van der Waals surface area contributed by atoms with Crippen LogP contribution < -0.4 is 5.32 Å². The second-order valence-electron chi connectivity index (χ2n) is 9.49. The zero-order valence-electron chi connectivity index (χ0n) is 16.9. The zero-order chi connectivity index (χ0) is 20.8. The van der Waals surface area contributed by atoms with Gasteiger partial charge in [0, 0.05) is 0 Å². The summed E-state index contributed by atoms with van der Waals surface area (Å²) in [6, 6.07) is 16.5. The van der Waals surface area contributed by atoms with E-state index in [0.29, 0.717) is 11.8 Å². The zero-order valence-corrected chi connectivity index (χ0v) is 16.9. The van der Waals surface area contributed by atoms with Gasteiger partial charge in [-0.3, -0.25) is 9.59 Å². The maximum atomic E-state index is 13.7. The van der Waals surface area contributed by atoms with Crippen LogP contribution in [0.2, 0.25) is 0 Å². The van der Waals surface area contributed by atoms with Crippen LogP contribution in [-0.2, 0) is 19.7 Å². The van der Waals surface area contributed by atoms with Crippen LogP contribution in [-0.4, -0.2) is 18.5 Å². The van der Waals surface area contributed by atoms with Gasteiger partial charge in [-0.25, -0.2) is 4.39 Å². The fraction of sp³-hybridized carbons (Fsp3) is 0.440. The third-order valence-electron chi connectivity index (χ3n) is 7.36. The van der Waals surface area contributed by atoms with Crippen molar-refractivity contribution in [2.75, 3.05) is 11.9 Å².